The maximum absolute atomic E-state index is 12.3. The minimum absolute atomic E-state index is 0.000277. The Morgan fingerprint density at radius 3 is 2.70 bits per heavy atom. The summed E-state index contributed by atoms with van der Waals surface area (Å²) in [6.07, 6.45) is 3.11. The van der Waals surface area contributed by atoms with Crippen LogP contribution in [-0.2, 0) is 6.54 Å². The van der Waals surface area contributed by atoms with E-state index in [1.54, 1.807) is 13.1 Å². The summed E-state index contributed by atoms with van der Waals surface area (Å²) in [5, 5.41) is 5.02. The molecule has 1 heterocycles. The normalized spacial score (nSPS) is 11.1. The van der Waals surface area contributed by atoms with Crippen LogP contribution in [0.4, 0.5) is 23.7 Å². The molecule has 23 heavy (non-hydrogen) atoms. The fourth-order valence-electron chi connectivity index (χ4n) is 1.63. The highest BCUT2D eigenvalue weighted by molar-refractivity contribution is 8.00. The summed E-state index contributed by atoms with van der Waals surface area (Å²) in [6.45, 7) is 1.96. The average molecular weight is 342 g/mol. The summed E-state index contributed by atoms with van der Waals surface area (Å²) in [7, 11) is 0. The summed E-state index contributed by atoms with van der Waals surface area (Å²) < 4.78 is 37.0. The van der Waals surface area contributed by atoms with Crippen molar-refractivity contribution in [1.82, 2.24) is 15.3 Å². The lowest BCUT2D eigenvalue weighted by molar-refractivity contribution is -0.0328. The summed E-state index contributed by atoms with van der Waals surface area (Å²) >= 11 is -0.236. The second kappa shape index (κ2) is 7.32. The fourth-order valence-corrected chi connectivity index (χ4v) is 2.23. The van der Waals surface area contributed by atoms with Gasteiger partial charge in [-0.2, -0.15) is 13.2 Å². The first kappa shape index (κ1) is 17.1. The van der Waals surface area contributed by atoms with Crippen LogP contribution in [0, 0.1) is 6.92 Å². The van der Waals surface area contributed by atoms with E-state index in [0.29, 0.717) is 5.69 Å². The number of halogens is 3. The molecule has 0 aliphatic rings. The predicted molar refractivity (Wildman–Crippen MR) is 81.0 cm³/mol. The molecule has 122 valence electrons. The maximum atomic E-state index is 12.3. The number of rotatable bonds is 4. The monoisotopic (exact) mass is 342 g/mol. The van der Waals surface area contributed by atoms with Crippen LogP contribution in [0.3, 0.4) is 0 Å². The van der Waals surface area contributed by atoms with E-state index in [4.69, 9.17) is 0 Å². The van der Waals surface area contributed by atoms with Gasteiger partial charge >= 0.3 is 11.5 Å². The Morgan fingerprint density at radius 2 is 2.04 bits per heavy atom. The molecule has 1 aromatic heterocycles. The van der Waals surface area contributed by atoms with Crippen molar-refractivity contribution < 1.29 is 18.0 Å². The number of aromatic nitrogens is 2. The maximum Gasteiger partial charge on any atom is 0.446 e. The first-order chi connectivity index (χ1) is 10.8. The quantitative estimate of drug-likeness (QED) is 0.831. The standard InChI is InChI=1S/C14H13F3N4OS/c1-9-6-19-11(7-18-9)8-20-13(22)21-10-3-2-4-12(5-10)23-14(15,16)17/h2-7H,8H2,1H3,(H2,20,21,22). The van der Waals surface area contributed by atoms with Gasteiger partial charge in [-0.1, -0.05) is 6.07 Å². The van der Waals surface area contributed by atoms with Gasteiger partial charge < -0.3 is 10.6 Å². The number of benzene rings is 1. The van der Waals surface area contributed by atoms with E-state index in [9.17, 15) is 18.0 Å². The second-order valence-corrected chi connectivity index (χ2v) is 5.67. The summed E-state index contributed by atoms with van der Waals surface area (Å²) in [4.78, 5) is 19.9. The van der Waals surface area contributed by atoms with Crippen molar-refractivity contribution in [3.8, 4) is 0 Å². The minimum Gasteiger partial charge on any atom is -0.332 e. The Morgan fingerprint density at radius 1 is 1.26 bits per heavy atom. The van der Waals surface area contributed by atoms with Crippen LogP contribution in [0.5, 0.6) is 0 Å². The number of alkyl halides is 3. The minimum atomic E-state index is -4.37. The molecule has 0 aliphatic heterocycles. The van der Waals surface area contributed by atoms with Gasteiger partial charge in [-0.25, -0.2) is 4.79 Å². The number of thioether (sulfide) groups is 1. The van der Waals surface area contributed by atoms with Crippen LogP contribution in [0.2, 0.25) is 0 Å². The molecule has 0 saturated heterocycles. The Balaban J connectivity index is 1.89. The third-order valence-corrected chi connectivity index (χ3v) is 3.31. The molecular weight excluding hydrogens is 329 g/mol. The highest BCUT2D eigenvalue weighted by atomic mass is 32.2. The molecule has 0 radical (unpaired) electrons. The van der Waals surface area contributed by atoms with Crippen molar-refractivity contribution >= 4 is 23.5 Å². The molecule has 2 rings (SSSR count). The molecule has 0 aliphatic carbocycles. The van der Waals surface area contributed by atoms with Gasteiger partial charge in [0.15, 0.2) is 0 Å². The molecule has 5 nitrogen and oxygen atoms in total. The number of amides is 2. The Labute approximate surface area is 134 Å². The van der Waals surface area contributed by atoms with Crippen molar-refractivity contribution in [2.24, 2.45) is 0 Å². The molecule has 9 heteroatoms. The van der Waals surface area contributed by atoms with Crippen LogP contribution >= 0.6 is 11.8 Å². The molecule has 0 atom stereocenters. The van der Waals surface area contributed by atoms with E-state index in [1.165, 1.54) is 30.5 Å². The van der Waals surface area contributed by atoms with Crippen LogP contribution in [0.15, 0.2) is 41.6 Å². The number of hydrogen-bond donors (Lipinski definition) is 2. The van der Waals surface area contributed by atoms with Gasteiger partial charge in [0, 0.05) is 16.8 Å². The van der Waals surface area contributed by atoms with E-state index in [0.717, 1.165) is 5.69 Å². The van der Waals surface area contributed by atoms with E-state index in [2.05, 4.69) is 20.6 Å². The van der Waals surface area contributed by atoms with Crippen molar-refractivity contribution in [1.29, 1.82) is 0 Å². The molecule has 0 saturated carbocycles. The van der Waals surface area contributed by atoms with Crippen LogP contribution in [-0.4, -0.2) is 21.5 Å². The molecule has 1 aromatic carbocycles. The Kier molecular flexibility index (Phi) is 5.43. The number of carbonyl (C=O) groups is 1. The lowest BCUT2D eigenvalue weighted by Gasteiger charge is -2.09. The van der Waals surface area contributed by atoms with Crippen LogP contribution in [0.25, 0.3) is 0 Å². The molecule has 2 aromatic rings. The van der Waals surface area contributed by atoms with Crippen molar-refractivity contribution in [3.05, 3.63) is 48.0 Å². The van der Waals surface area contributed by atoms with E-state index >= 15 is 0 Å². The van der Waals surface area contributed by atoms with Crippen molar-refractivity contribution in [2.45, 2.75) is 23.9 Å². The highest BCUT2D eigenvalue weighted by Crippen LogP contribution is 2.37. The number of nitrogens with zero attached hydrogens (tertiary/aromatic N) is 2. The van der Waals surface area contributed by atoms with E-state index in [-0.39, 0.29) is 28.9 Å². The van der Waals surface area contributed by atoms with Crippen LogP contribution in [0.1, 0.15) is 11.4 Å². The van der Waals surface area contributed by atoms with Gasteiger partial charge in [-0.15, -0.1) is 0 Å². The molecule has 0 bridgehead atoms. The number of urea groups is 1. The van der Waals surface area contributed by atoms with Crippen molar-refractivity contribution in [2.75, 3.05) is 5.32 Å². The van der Waals surface area contributed by atoms with Crippen LogP contribution < -0.4 is 10.6 Å². The van der Waals surface area contributed by atoms with E-state index < -0.39 is 11.5 Å². The highest BCUT2D eigenvalue weighted by Gasteiger charge is 2.29. The largest absolute Gasteiger partial charge is 0.446 e. The number of nitrogens with one attached hydrogen (secondary N) is 2. The zero-order chi connectivity index (χ0) is 16.9. The smallest absolute Gasteiger partial charge is 0.332 e. The topological polar surface area (TPSA) is 66.9 Å². The third kappa shape index (κ3) is 6.15. The molecule has 2 amide bonds. The summed E-state index contributed by atoms with van der Waals surface area (Å²) in [5.41, 5.74) is -2.76. The van der Waals surface area contributed by atoms with Gasteiger partial charge in [-0.3, -0.25) is 9.97 Å². The zero-order valence-electron chi connectivity index (χ0n) is 12.0. The summed E-state index contributed by atoms with van der Waals surface area (Å²) in [6, 6.07) is 4.98. The third-order valence-electron chi connectivity index (χ3n) is 2.59. The fraction of sp³-hybridized carbons (Fsp3) is 0.214. The first-order valence-electron chi connectivity index (χ1n) is 6.50. The van der Waals surface area contributed by atoms with Gasteiger partial charge in [0.2, 0.25) is 0 Å². The number of carbonyl (C=O) groups excluding carboxylic acids is 1. The molecule has 0 fully saturated rings. The van der Waals surface area contributed by atoms with Crippen molar-refractivity contribution in [3.63, 3.8) is 0 Å². The number of anilines is 1. The lowest BCUT2D eigenvalue weighted by atomic mass is 10.3. The molecular formula is C14H13F3N4OS. The first-order valence-corrected chi connectivity index (χ1v) is 7.32. The van der Waals surface area contributed by atoms with Gasteiger partial charge in [-0.05, 0) is 36.9 Å². The molecule has 0 spiro atoms. The van der Waals surface area contributed by atoms with Gasteiger partial charge in [0.25, 0.3) is 0 Å². The predicted octanol–water partition coefficient (Wildman–Crippen LogP) is 3.72. The lowest BCUT2D eigenvalue weighted by Crippen LogP contribution is -2.28. The Hall–Kier alpha value is -2.29. The molecule has 0 unspecified atom stereocenters. The second-order valence-electron chi connectivity index (χ2n) is 4.53. The SMILES string of the molecule is Cc1cnc(CNC(=O)Nc2cccc(SC(F)(F)F)c2)cn1. The van der Waals surface area contributed by atoms with Gasteiger partial charge in [0.05, 0.1) is 24.1 Å². The average Bonchev–Trinajstić information content (AvgIpc) is 2.45. The number of aryl methyl sites for hydroxylation is 1. The summed E-state index contributed by atoms with van der Waals surface area (Å²) in [5.74, 6) is 0. The Bertz CT molecular complexity index is 676. The number of hydrogen-bond acceptors (Lipinski definition) is 4. The zero-order valence-corrected chi connectivity index (χ0v) is 12.8. The van der Waals surface area contributed by atoms with Gasteiger partial charge in [0.1, 0.15) is 0 Å². The molecule has 2 N–H and O–H groups in total. The van der Waals surface area contributed by atoms with E-state index in [1.807, 2.05) is 0 Å².